The van der Waals surface area contributed by atoms with E-state index in [-0.39, 0.29) is 6.10 Å². The summed E-state index contributed by atoms with van der Waals surface area (Å²) in [5.41, 5.74) is 2.52. The van der Waals surface area contributed by atoms with Crippen molar-refractivity contribution in [1.29, 1.82) is 0 Å². The summed E-state index contributed by atoms with van der Waals surface area (Å²) in [5, 5.41) is 0. The summed E-state index contributed by atoms with van der Waals surface area (Å²) < 4.78 is 5.62. The second-order valence-corrected chi connectivity index (χ2v) is 16.7. The SMILES string of the molecule is CCCCCC1CCC(C2(CC(c3ccccc3)C3(C4CCC(CCCCC)CC4)CCCCC3)CCC(OC=O)CC2)CC1. The maximum Gasteiger partial charge on any atom is 0.293 e. The van der Waals surface area contributed by atoms with Gasteiger partial charge in [0.2, 0.25) is 0 Å². The van der Waals surface area contributed by atoms with Crippen LogP contribution in [0, 0.1) is 34.5 Å². The maximum atomic E-state index is 11.3. The molecule has 2 nitrogen and oxygen atoms in total. The molecular formula is C43H70O2. The third-order valence-electron chi connectivity index (χ3n) is 14.3. The Morgan fingerprint density at radius 3 is 1.78 bits per heavy atom. The molecule has 5 rings (SSSR count). The van der Waals surface area contributed by atoms with Crippen LogP contribution in [0.3, 0.4) is 0 Å². The standard InChI is InChI=1S/C43H70O2/c1-3-5-9-15-35-19-23-38(24-20-35)42(31-27-40(28-32-42)45-34-44)33-41(37-17-11-7-12-18-37)43(29-13-8-14-30-43)39-25-21-36(22-26-39)16-10-6-4-2/h7,11-12,17-18,34-36,38-41H,3-6,8-10,13-16,19-33H2,1-2H3. The molecule has 0 heterocycles. The lowest BCUT2D eigenvalue weighted by atomic mass is 9.49. The van der Waals surface area contributed by atoms with Crippen molar-refractivity contribution in [3.8, 4) is 0 Å². The molecule has 0 spiro atoms. The van der Waals surface area contributed by atoms with Crippen molar-refractivity contribution in [2.24, 2.45) is 34.5 Å². The molecule has 2 heteroatoms. The van der Waals surface area contributed by atoms with Gasteiger partial charge in [0.15, 0.2) is 0 Å². The molecule has 0 aromatic heterocycles. The molecule has 254 valence electrons. The molecular weight excluding hydrogens is 548 g/mol. The predicted molar refractivity (Wildman–Crippen MR) is 190 cm³/mol. The molecule has 4 aliphatic carbocycles. The Labute approximate surface area is 278 Å². The first kappa shape index (κ1) is 35.0. The summed E-state index contributed by atoms with van der Waals surface area (Å²) in [5.74, 6) is 4.36. The van der Waals surface area contributed by atoms with Gasteiger partial charge in [-0.05, 0) is 117 Å². The van der Waals surface area contributed by atoms with E-state index in [1.807, 2.05) is 0 Å². The molecule has 1 unspecified atom stereocenters. The van der Waals surface area contributed by atoms with Crippen LogP contribution in [0.5, 0.6) is 0 Å². The summed E-state index contributed by atoms with van der Waals surface area (Å²) in [6.07, 6.45) is 36.4. The van der Waals surface area contributed by atoms with Crippen molar-refractivity contribution in [2.45, 2.75) is 193 Å². The first-order valence-electron chi connectivity index (χ1n) is 20.3. The molecule has 1 aromatic carbocycles. The highest BCUT2D eigenvalue weighted by Crippen LogP contribution is 2.63. The molecule has 4 aliphatic rings. The first-order valence-corrected chi connectivity index (χ1v) is 20.3. The highest BCUT2D eigenvalue weighted by atomic mass is 16.5. The van der Waals surface area contributed by atoms with Crippen LogP contribution >= 0.6 is 0 Å². The number of hydrogen-bond donors (Lipinski definition) is 0. The second-order valence-electron chi connectivity index (χ2n) is 16.7. The quantitative estimate of drug-likeness (QED) is 0.136. The fraction of sp³-hybridized carbons (Fsp3) is 0.837. The van der Waals surface area contributed by atoms with E-state index in [1.165, 1.54) is 154 Å². The van der Waals surface area contributed by atoms with Gasteiger partial charge in [-0.1, -0.05) is 140 Å². The third kappa shape index (κ3) is 8.99. The van der Waals surface area contributed by atoms with Crippen molar-refractivity contribution in [3.63, 3.8) is 0 Å². The van der Waals surface area contributed by atoms with Gasteiger partial charge < -0.3 is 4.74 Å². The molecule has 4 fully saturated rings. The van der Waals surface area contributed by atoms with Crippen molar-refractivity contribution < 1.29 is 9.53 Å². The maximum absolute atomic E-state index is 11.3. The second kappa shape index (κ2) is 17.7. The van der Waals surface area contributed by atoms with E-state index in [0.29, 0.717) is 16.7 Å². The monoisotopic (exact) mass is 619 g/mol. The van der Waals surface area contributed by atoms with E-state index in [1.54, 1.807) is 5.56 Å². The van der Waals surface area contributed by atoms with Gasteiger partial charge >= 0.3 is 0 Å². The normalized spacial score (nSPS) is 32.9. The van der Waals surface area contributed by atoms with Crippen LogP contribution in [-0.2, 0) is 9.53 Å². The lowest BCUT2D eigenvalue weighted by Crippen LogP contribution is -2.46. The van der Waals surface area contributed by atoms with E-state index in [9.17, 15) is 4.79 Å². The van der Waals surface area contributed by atoms with Crippen LogP contribution in [0.25, 0.3) is 0 Å². The topological polar surface area (TPSA) is 26.3 Å². The summed E-state index contributed by atoms with van der Waals surface area (Å²) in [6, 6.07) is 12.0. The zero-order valence-corrected chi connectivity index (χ0v) is 29.6. The highest BCUT2D eigenvalue weighted by Gasteiger charge is 2.52. The van der Waals surface area contributed by atoms with Crippen LogP contribution in [0.1, 0.15) is 192 Å². The van der Waals surface area contributed by atoms with Gasteiger partial charge in [-0.25, -0.2) is 0 Å². The van der Waals surface area contributed by atoms with Crippen molar-refractivity contribution in [2.75, 3.05) is 0 Å². The van der Waals surface area contributed by atoms with Gasteiger partial charge in [0.1, 0.15) is 6.10 Å². The number of benzene rings is 1. The zero-order chi connectivity index (χ0) is 31.4. The molecule has 0 bridgehead atoms. The Morgan fingerprint density at radius 1 is 0.689 bits per heavy atom. The van der Waals surface area contributed by atoms with Crippen LogP contribution in [0.4, 0.5) is 0 Å². The van der Waals surface area contributed by atoms with E-state index < -0.39 is 0 Å². The fourth-order valence-electron chi connectivity index (χ4n) is 11.6. The van der Waals surface area contributed by atoms with E-state index in [4.69, 9.17) is 4.74 Å². The van der Waals surface area contributed by atoms with Gasteiger partial charge in [0.05, 0.1) is 0 Å². The number of rotatable bonds is 16. The molecule has 0 radical (unpaired) electrons. The molecule has 0 N–H and O–H groups in total. The minimum atomic E-state index is 0.141. The summed E-state index contributed by atoms with van der Waals surface area (Å²) >= 11 is 0. The molecule has 0 amide bonds. The average molecular weight is 619 g/mol. The summed E-state index contributed by atoms with van der Waals surface area (Å²) in [6.45, 7) is 5.41. The number of carbonyl (C=O) groups excluding carboxylic acids is 1. The third-order valence-corrected chi connectivity index (χ3v) is 14.3. The minimum absolute atomic E-state index is 0.141. The molecule has 1 atom stereocenters. The van der Waals surface area contributed by atoms with E-state index >= 15 is 0 Å². The van der Waals surface area contributed by atoms with Gasteiger partial charge in [0, 0.05) is 0 Å². The van der Waals surface area contributed by atoms with Crippen LogP contribution in [0.2, 0.25) is 0 Å². The van der Waals surface area contributed by atoms with Crippen LogP contribution in [-0.4, -0.2) is 12.6 Å². The molecule has 0 saturated heterocycles. The average Bonchev–Trinajstić information content (AvgIpc) is 3.10. The summed E-state index contributed by atoms with van der Waals surface area (Å²) in [7, 11) is 0. The Morgan fingerprint density at radius 2 is 1.24 bits per heavy atom. The van der Waals surface area contributed by atoms with E-state index in [0.717, 1.165) is 43.0 Å². The van der Waals surface area contributed by atoms with Gasteiger partial charge in [-0.15, -0.1) is 0 Å². The van der Waals surface area contributed by atoms with Crippen LogP contribution in [0.15, 0.2) is 30.3 Å². The van der Waals surface area contributed by atoms with Crippen LogP contribution < -0.4 is 0 Å². The fourth-order valence-corrected chi connectivity index (χ4v) is 11.6. The Balaban J connectivity index is 1.41. The largest absolute Gasteiger partial charge is 0.465 e. The number of unbranched alkanes of at least 4 members (excludes halogenated alkanes) is 4. The Hall–Kier alpha value is -1.31. The lowest BCUT2D eigenvalue weighted by Gasteiger charge is -2.56. The number of ether oxygens (including phenoxy) is 1. The highest BCUT2D eigenvalue weighted by molar-refractivity contribution is 5.37. The van der Waals surface area contributed by atoms with E-state index in [2.05, 4.69) is 44.2 Å². The van der Waals surface area contributed by atoms with Crippen molar-refractivity contribution in [1.82, 2.24) is 0 Å². The number of hydrogen-bond acceptors (Lipinski definition) is 2. The first-order chi connectivity index (χ1) is 22.1. The smallest absolute Gasteiger partial charge is 0.293 e. The Bertz CT molecular complexity index is 939. The predicted octanol–water partition coefficient (Wildman–Crippen LogP) is 13.0. The van der Waals surface area contributed by atoms with Crippen molar-refractivity contribution in [3.05, 3.63) is 35.9 Å². The van der Waals surface area contributed by atoms with Gasteiger partial charge in [-0.3, -0.25) is 4.79 Å². The molecule has 4 saturated carbocycles. The van der Waals surface area contributed by atoms with Crippen molar-refractivity contribution >= 4 is 6.47 Å². The minimum Gasteiger partial charge on any atom is -0.465 e. The summed E-state index contributed by atoms with van der Waals surface area (Å²) in [4.78, 5) is 11.3. The van der Waals surface area contributed by atoms with Gasteiger partial charge in [-0.2, -0.15) is 0 Å². The number of carbonyl (C=O) groups is 1. The molecule has 45 heavy (non-hydrogen) atoms. The molecule has 0 aliphatic heterocycles. The lowest BCUT2D eigenvalue weighted by molar-refractivity contribution is -0.137. The van der Waals surface area contributed by atoms with Gasteiger partial charge in [0.25, 0.3) is 6.47 Å². The zero-order valence-electron chi connectivity index (χ0n) is 29.6. The Kier molecular flexibility index (Phi) is 13.8. The molecule has 1 aromatic rings.